The molecule has 1 saturated heterocycles. The number of hydrogen-bond donors (Lipinski definition) is 2. The zero-order valence-corrected chi connectivity index (χ0v) is 11.0. The van der Waals surface area contributed by atoms with Gasteiger partial charge in [0.25, 0.3) is 0 Å². The van der Waals surface area contributed by atoms with Crippen LogP contribution in [0.1, 0.15) is 19.9 Å². The number of aliphatic carboxylic acids is 1. The first kappa shape index (κ1) is 13.5. The molecule has 1 aromatic rings. The van der Waals surface area contributed by atoms with E-state index in [9.17, 15) is 9.59 Å². The SMILES string of the molecule is CC(C)n1nccc1NC(=O)CN1CC(C(=O)O)C1. The van der Waals surface area contributed by atoms with Crippen LogP contribution in [-0.2, 0) is 9.59 Å². The molecule has 7 heteroatoms. The van der Waals surface area contributed by atoms with Crippen LogP contribution in [0, 0.1) is 5.92 Å². The minimum Gasteiger partial charge on any atom is -0.481 e. The van der Waals surface area contributed by atoms with Gasteiger partial charge in [-0.3, -0.25) is 14.5 Å². The molecule has 0 aliphatic carbocycles. The van der Waals surface area contributed by atoms with Crippen molar-refractivity contribution < 1.29 is 14.7 Å². The molecule has 0 unspecified atom stereocenters. The van der Waals surface area contributed by atoms with Crippen LogP contribution < -0.4 is 5.32 Å². The lowest BCUT2D eigenvalue weighted by Crippen LogP contribution is -2.52. The number of carboxylic acids is 1. The number of nitrogens with zero attached hydrogens (tertiary/aromatic N) is 3. The van der Waals surface area contributed by atoms with Crippen LogP contribution in [0.25, 0.3) is 0 Å². The van der Waals surface area contributed by atoms with Crippen LogP contribution in [0.4, 0.5) is 5.82 Å². The van der Waals surface area contributed by atoms with E-state index >= 15 is 0 Å². The van der Waals surface area contributed by atoms with E-state index in [0.717, 1.165) is 0 Å². The van der Waals surface area contributed by atoms with Crippen LogP contribution in [0.3, 0.4) is 0 Å². The van der Waals surface area contributed by atoms with E-state index in [4.69, 9.17) is 5.11 Å². The molecule has 1 aliphatic heterocycles. The maximum absolute atomic E-state index is 11.8. The summed E-state index contributed by atoms with van der Waals surface area (Å²) in [4.78, 5) is 24.3. The van der Waals surface area contributed by atoms with E-state index in [1.807, 2.05) is 18.7 Å². The molecule has 2 N–H and O–H groups in total. The molecule has 1 aliphatic rings. The lowest BCUT2D eigenvalue weighted by Gasteiger charge is -2.35. The average Bonchev–Trinajstić information content (AvgIpc) is 2.70. The zero-order valence-electron chi connectivity index (χ0n) is 11.0. The summed E-state index contributed by atoms with van der Waals surface area (Å²) in [6, 6.07) is 1.92. The number of hydrogen-bond acceptors (Lipinski definition) is 4. The van der Waals surface area contributed by atoms with E-state index in [-0.39, 0.29) is 24.4 Å². The third kappa shape index (κ3) is 3.11. The molecule has 0 bridgehead atoms. The van der Waals surface area contributed by atoms with Crippen LogP contribution >= 0.6 is 0 Å². The summed E-state index contributed by atoms with van der Waals surface area (Å²) in [5, 5.41) is 15.7. The Morgan fingerprint density at radius 1 is 1.53 bits per heavy atom. The maximum atomic E-state index is 11.8. The van der Waals surface area contributed by atoms with Crippen molar-refractivity contribution >= 4 is 17.7 Å². The number of carboxylic acid groups (broad SMARTS) is 1. The van der Waals surface area contributed by atoms with Gasteiger partial charge in [0.1, 0.15) is 5.82 Å². The molecule has 7 nitrogen and oxygen atoms in total. The van der Waals surface area contributed by atoms with Gasteiger partial charge in [-0.2, -0.15) is 5.10 Å². The van der Waals surface area contributed by atoms with E-state index in [0.29, 0.717) is 18.9 Å². The fourth-order valence-electron chi connectivity index (χ4n) is 2.07. The fraction of sp³-hybridized carbons (Fsp3) is 0.583. The predicted octanol–water partition coefficient (Wildman–Crippen LogP) is 0.419. The second-order valence-electron chi connectivity index (χ2n) is 5.03. The molecule has 0 radical (unpaired) electrons. The monoisotopic (exact) mass is 266 g/mol. The van der Waals surface area contributed by atoms with Crippen molar-refractivity contribution in [2.24, 2.45) is 5.92 Å². The van der Waals surface area contributed by atoms with Gasteiger partial charge < -0.3 is 10.4 Å². The van der Waals surface area contributed by atoms with Crippen LogP contribution in [0.15, 0.2) is 12.3 Å². The lowest BCUT2D eigenvalue weighted by atomic mass is 10.0. The summed E-state index contributed by atoms with van der Waals surface area (Å²) in [6.45, 7) is 5.05. The number of carbonyl (C=O) groups is 2. The second-order valence-corrected chi connectivity index (χ2v) is 5.03. The van der Waals surface area contributed by atoms with Crippen molar-refractivity contribution in [1.29, 1.82) is 0 Å². The smallest absolute Gasteiger partial charge is 0.309 e. The van der Waals surface area contributed by atoms with Gasteiger partial charge in [0.15, 0.2) is 0 Å². The molecule has 2 rings (SSSR count). The highest BCUT2D eigenvalue weighted by Gasteiger charge is 2.33. The Morgan fingerprint density at radius 2 is 2.21 bits per heavy atom. The highest BCUT2D eigenvalue weighted by Crippen LogP contribution is 2.16. The van der Waals surface area contributed by atoms with Crippen LogP contribution in [0.5, 0.6) is 0 Å². The van der Waals surface area contributed by atoms with Crippen molar-refractivity contribution in [3.63, 3.8) is 0 Å². The van der Waals surface area contributed by atoms with E-state index in [2.05, 4.69) is 10.4 Å². The van der Waals surface area contributed by atoms with Crippen molar-refractivity contribution in [3.05, 3.63) is 12.3 Å². The van der Waals surface area contributed by atoms with Crippen molar-refractivity contribution in [3.8, 4) is 0 Å². The molecule has 19 heavy (non-hydrogen) atoms. The standard InChI is InChI=1S/C12H18N4O3/c1-8(2)16-10(3-4-13-16)14-11(17)7-15-5-9(6-15)12(18)19/h3-4,8-9H,5-7H2,1-2H3,(H,14,17)(H,18,19). The topological polar surface area (TPSA) is 87.5 Å². The molecule has 2 heterocycles. The first-order valence-corrected chi connectivity index (χ1v) is 6.26. The van der Waals surface area contributed by atoms with Crippen LogP contribution in [-0.4, -0.2) is 51.3 Å². The summed E-state index contributed by atoms with van der Waals surface area (Å²) < 4.78 is 1.73. The first-order chi connectivity index (χ1) is 8.97. The van der Waals surface area contributed by atoms with Gasteiger partial charge in [0.05, 0.1) is 18.7 Å². The largest absolute Gasteiger partial charge is 0.481 e. The summed E-state index contributed by atoms with van der Waals surface area (Å²) >= 11 is 0. The third-order valence-corrected chi connectivity index (χ3v) is 3.10. The van der Waals surface area contributed by atoms with Gasteiger partial charge in [0.2, 0.25) is 5.91 Å². The molecule has 0 saturated carbocycles. The number of nitrogens with one attached hydrogen (secondary N) is 1. The number of likely N-dealkylation sites (tertiary alicyclic amines) is 1. The van der Waals surface area contributed by atoms with E-state index in [1.165, 1.54) is 0 Å². The number of rotatable bonds is 5. The molecule has 1 aromatic heterocycles. The highest BCUT2D eigenvalue weighted by atomic mass is 16.4. The fourth-order valence-corrected chi connectivity index (χ4v) is 2.07. The average molecular weight is 266 g/mol. The normalized spacial score (nSPS) is 16.4. The molecule has 104 valence electrons. The summed E-state index contributed by atoms with van der Waals surface area (Å²) in [6.07, 6.45) is 1.64. The van der Waals surface area contributed by atoms with Crippen molar-refractivity contribution in [1.82, 2.24) is 14.7 Å². The van der Waals surface area contributed by atoms with Crippen molar-refractivity contribution in [2.75, 3.05) is 25.0 Å². The van der Waals surface area contributed by atoms with Gasteiger partial charge in [-0.1, -0.05) is 0 Å². The Labute approximate surface area is 111 Å². The Morgan fingerprint density at radius 3 is 2.79 bits per heavy atom. The molecule has 0 spiro atoms. The van der Waals surface area contributed by atoms with Gasteiger partial charge in [-0.15, -0.1) is 0 Å². The minimum absolute atomic E-state index is 0.147. The number of anilines is 1. The van der Waals surface area contributed by atoms with Gasteiger partial charge >= 0.3 is 5.97 Å². The summed E-state index contributed by atoms with van der Waals surface area (Å²) in [5.41, 5.74) is 0. The van der Waals surface area contributed by atoms with Gasteiger partial charge in [-0.25, -0.2) is 4.68 Å². The maximum Gasteiger partial charge on any atom is 0.309 e. The van der Waals surface area contributed by atoms with E-state index < -0.39 is 5.97 Å². The molecular formula is C12H18N4O3. The Balaban J connectivity index is 1.82. The highest BCUT2D eigenvalue weighted by molar-refractivity contribution is 5.91. The lowest BCUT2D eigenvalue weighted by molar-refractivity contribution is -0.148. The van der Waals surface area contributed by atoms with E-state index in [1.54, 1.807) is 16.9 Å². The van der Waals surface area contributed by atoms with Gasteiger partial charge in [-0.05, 0) is 13.8 Å². The van der Waals surface area contributed by atoms with Crippen LogP contribution in [0.2, 0.25) is 0 Å². The first-order valence-electron chi connectivity index (χ1n) is 6.26. The Hall–Kier alpha value is -1.89. The van der Waals surface area contributed by atoms with Crippen molar-refractivity contribution in [2.45, 2.75) is 19.9 Å². The quantitative estimate of drug-likeness (QED) is 0.806. The molecule has 0 atom stereocenters. The Kier molecular flexibility index (Phi) is 3.84. The Bertz CT molecular complexity index is 477. The molecule has 1 fully saturated rings. The molecule has 1 amide bonds. The summed E-state index contributed by atoms with van der Waals surface area (Å²) in [5.74, 6) is -0.620. The number of amides is 1. The summed E-state index contributed by atoms with van der Waals surface area (Å²) in [7, 11) is 0. The number of carbonyl (C=O) groups excluding carboxylic acids is 1. The zero-order chi connectivity index (χ0) is 14.0. The number of aromatic nitrogens is 2. The second kappa shape index (κ2) is 5.40. The van der Waals surface area contributed by atoms with Gasteiger partial charge in [0, 0.05) is 25.2 Å². The predicted molar refractivity (Wildman–Crippen MR) is 68.8 cm³/mol. The minimum atomic E-state index is -0.797. The molecule has 0 aromatic carbocycles. The molecular weight excluding hydrogens is 248 g/mol. The third-order valence-electron chi connectivity index (χ3n) is 3.10.